The van der Waals surface area contributed by atoms with E-state index in [2.05, 4.69) is 0 Å². The summed E-state index contributed by atoms with van der Waals surface area (Å²) < 4.78 is 5.33. The van der Waals surface area contributed by atoms with E-state index in [9.17, 15) is 4.79 Å². The molecule has 1 fully saturated rings. The van der Waals surface area contributed by atoms with Crippen LogP contribution in [0.3, 0.4) is 0 Å². The summed E-state index contributed by atoms with van der Waals surface area (Å²) in [4.78, 5) is 12.1. The molecule has 10 heavy (non-hydrogen) atoms. The van der Waals surface area contributed by atoms with Gasteiger partial charge in [-0.2, -0.15) is 0 Å². The Morgan fingerprint density at radius 3 is 3.20 bits per heavy atom. The van der Waals surface area contributed by atoms with Gasteiger partial charge in [-0.3, -0.25) is 4.79 Å². The summed E-state index contributed by atoms with van der Waals surface area (Å²) >= 11 is 0. The summed E-state index contributed by atoms with van der Waals surface area (Å²) in [5.74, 6) is 0. The van der Waals surface area contributed by atoms with E-state index in [4.69, 9.17) is 4.74 Å². The first-order chi connectivity index (χ1) is 4.83. The van der Waals surface area contributed by atoms with Gasteiger partial charge in [-0.1, -0.05) is 0 Å². The molecular weight excluding hydrogens is 130 g/mol. The van der Waals surface area contributed by atoms with Crippen LogP contribution in [0.5, 0.6) is 0 Å². The van der Waals surface area contributed by atoms with Gasteiger partial charge in [0.05, 0.1) is 6.10 Å². The zero-order valence-electron chi connectivity index (χ0n) is 6.25. The zero-order valence-corrected chi connectivity index (χ0v) is 6.25. The number of ether oxygens (including phenoxy) is 1. The van der Waals surface area contributed by atoms with E-state index in [1.807, 2.05) is 6.92 Å². The molecule has 1 heterocycles. The minimum Gasteiger partial charge on any atom is -0.377 e. The molecule has 1 aliphatic heterocycles. The van der Waals surface area contributed by atoms with E-state index in [1.54, 1.807) is 4.90 Å². The molecule has 1 unspecified atom stereocenters. The Morgan fingerprint density at radius 1 is 1.70 bits per heavy atom. The molecule has 0 aromatic carbocycles. The van der Waals surface area contributed by atoms with E-state index in [1.165, 1.54) is 0 Å². The van der Waals surface area contributed by atoms with Crippen molar-refractivity contribution in [3.05, 3.63) is 0 Å². The van der Waals surface area contributed by atoms with E-state index >= 15 is 0 Å². The smallest absolute Gasteiger partial charge is 0.209 e. The third kappa shape index (κ3) is 1.99. The molecule has 1 rings (SSSR count). The van der Waals surface area contributed by atoms with Crippen LogP contribution < -0.4 is 0 Å². The topological polar surface area (TPSA) is 29.5 Å². The molecule has 1 aliphatic rings. The second-order valence-electron chi connectivity index (χ2n) is 2.64. The fourth-order valence-electron chi connectivity index (χ4n) is 1.12. The molecule has 3 heteroatoms. The molecule has 0 aromatic heterocycles. The molecule has 1 saturated heterocycles. The summed E-state index contributed by atoms with van der Waals surface area (Å²) in [5.41, 5.74) is 0. The molecular formula is C7H13NO2. The second kappa shape index (κ2) is 3.56. The Bertz CT molecular complexity index is 116. The summed E-state index contributed by atoms with van der Waals surface area (Å²) in [6.45, 7) is 4.35. The Hall–Kier alpha value is -0.570. The lowest BCUT2D eigenvalue weighted by molar-refractivity contribution is -0.118. The fourth-order valence-corrected chi connectivity index (χ4v) is 1.12. The normalized spacial score (nSPS) is 27.7. The predicted molar refractivity (Wildman–Crippen MR) is 37.7 cm³/mol. The molecule has 0 N–H and O–H groups in total. The lowest BCUT2D eigenvalue weighted by Crippen LogP contribution is -2.28. The third-order valence-electron chi connectivity index (χ3n) is 1.63. The lowest BCUT2D eigenvalue weighted by atomic mass is 10.4. The van der Waals surface area contributed by atoms with Gasteiger partial charge >= 0.3 is 0 Å². The average molecular weight is 143 g/mol. The first kappa shape index (κ1) is 7.54. The average Bonchev–Trinajstić information content (AvgIpc) is 2.13. The second-order valence-corrected chi connectivity index (χ2v) is 2.64. The molecule has 0 radical (unpaired) electrons. The van der Waals surface area contributed by atoms with Crippen molar-refractivity contribution in [1.29, 1.82) is 0 Å². The minimum absolute atomic E-state index is 0.202. The van der Waals surface area contributed by atoms with Gasteiger partial charge in [0.15, 0.2) is 0 Å². The van der Waals surface area contributed by atoms with Gasteiger partial charge < -0.3 is 9.64 Å². The van der Waals surface area contributed by atoms with Gasteiger partial charge in [0, 0.05) is 19.7 Å². The number of rotatable bonds is 1. The van der Waals surface area contributed by atoms with Crippen LogP contribution in [-0.4, -0.2) is 37.1 Å². The van der Waals surface area contributed by atoms with Gasteiger partial charge in [-0.25, -0.2) is 0 Å². The van der Waals surface area contributed by atoms with Crippen molar-refractivity contribution in [2.75, 3.05) is 19.7 Å². The van der Waals surface area contributed by atoms with Crippen molar-refractivity contribution >= 4 is 6.41 Å². The van der Waals surface area contributed by atoms with E-state index in [-0.39, 0.29) is 6.10 Å². The monoisotopic (exact) mass is 143 g/mol. The van der Waals surface area contributed by atoms with Gasteiger partial charge in [0.25, 0.3) is 0 Å². The molecule has 0 aliphatic carbocycles. The summed E-state index contributed by atoms with van der Waals surface area (Å²) in [7, 11) is 0. The van der Waals surface area contributed by atoms with Crippen LogP contribution in [0.25, 0.3) is 0 Å². The van der Waals surface area contributed by atoms with Crippen molar-refractivity contribution in [3.8, 4) is 0 Å². The maximum atomic E-state index is 10.3. The van der Waals surface area contributed by atoms with E-state index in [0.717, 1.165) is 32.5 Å². The van der Waals surface area contributed by atoms with Gasteiger partial charge in [0.1, 0.15) is 0 Å². The van der Waals surface area contributed by atoms with Crippen LogP contribution in [0, 0.1) is 0 Å². The van der Waals surface area contributed by atoms with Crippen molar-refractivity contribution in [1.82, 2.24) is 4.90 Å². The first-order valence-electron chi connectivity index (χ1n) is 3.64. The highest BCUT2D eigenvalue weighted by Crippen LogP contribution is 2.02. The highest BCUT2D eigenvalue weighted by atomic mass is 16.5. The number of nitrogens with zero attached hydrogens (tertiary/aromatic N) is 1. The van der Waals surface area contributed by atoms with Crippen molar-refractivity contribution in [3.63, 3.8) is 0 Å². The molecule has 0 spiro atoms. The Balaban J connectivity index is 2.37. The number of hydrogen-bond donors (Lipinski definition) is 0. The summed E-state index contributed by atoms with van der Waals surface area (Å²) in [6, 6.07) is 0. The molecule has 0 saturated carbocycles. The SMILES string of the molecule is CC1CN(C=O)CCCO1. The molecule has 0 bridgehead atoms. The maximum Gasteiger partial charge on any atom is 0.209 e. The van der Waals surface area contributed by atoms with Crippen LogP contribution in [0.2, 0.25) is 0 Å². The third-order valence-corrected chi connectivity index (χ3v) is 1.63. The van der Waals surface area contributed by atoms with Crippen LogP contribution in [0.1, 0.15) is 13.3 Å². The molecule has 58 valence electrons. The first-order valence-corrected chi connectivity index (χ1v) is 3.64. The Labute approximate surface area is 61.0 Å². The van der Waals surface area contributed by atoms with Crippen LogP contribution >= 0.6 is 0 Å². The summed E-state index contributed by atoms with van der Waals surface area (Å²) in [5, 5.41) is 0. The zero-order chi connectivity index (χ0) is 7.40. The number of carbonyl (C=O) groups excluding carboxylic acids is 1. The van der Waals surface area contributed by atoms with Gasteiger partial charge in [-0.05, 0) is 13.3 Å². The quantitative estimate of drug-likeness (QED) is 0.492. The molecule has 3 nitrogen and oxygen atoms in total. The Morgan fingerprint density at radius 2 is 2.50 bits per heavy atom. The highest BCUT2D eigenvalue weighted by molar-refractivity contribution is 5.46. The van der Waals surface area contributed by atoms with E-state index < -0.39 is 0 Å². The Kier molecular flexibility index (Phi) is 2.68. The van der Waals surface area contributed by atoms with E-state index in [0.29, 0.717) is 0 Å². The summed E-state index contributed by atoms with van der Waals surface area (Å²) in [6.07, 6.45) is 2.06. The lowest BCUT2D eigenvalue weighted by Gasteiger charge is -2.15. The van der Waals surface area contributed by atoms with Gasteiger partial charge in [-0.15, -0.1) is 0 Å². The molecule has 0 aromatic rings. The number of amides is 1. The van der Waals surface area contributed by atoms with Gasteiger partial charge in [0.2, 0.25) is 6.41 Å². The van der Waals surface area contributed by atoms with Crippen LogP contribution in [-0.2, 0) is 9.53 Å². The van der Waals surface area contributed by atoms with Crippen molar-refractivity contribution in [2.24, 2.45) is 0 Å². The highest BCUT2D eigenvalue weighted by Gasteiger charge is 2.11. The minimum atomic E-state index is 0.202. The van der Waals surface area contributed by atoms with Crippen LogP contribution in [0.15, 0.2) is 0 Å². The molecule has 1 atom stereocenters. The fraction of sp³-hybridized carbons (Fsp3) is 0.857. The number of carbonyl (C=O) groups is 1. The predicted octanol–water partition coefficient (Wildman–Crippen LogP) is 0.254. The number of hydrogen-bond acceptors (Lipinski definition) is 2. The van der Waals surface area contributed by atoms with Crippen molar-refractivity contribution in [2.45, 2.75) is 19.4 Å². The maximum absolute atomic E-state index is 10.3. The standard InChI is InChI=1S/C7H13NO2/c1-7-5-8(6-9)3-2-4-10-7/h6-7H,2-5H2,1H3. The molecule has 1 amide bonds. The van der Waals surface area contributed by atoms with Crippen LogP contribution in [0.4, 0.5) is 0 Å². The van der Waals surface area contributed by atoms with Crippen molar-refractivity contribution < 1.29 is 9.53 Å². The largest absolute Gasteiger partial charge is 0.377 e.